The number of amides is 2. The molecule has 5 nitrogen and oxygen atoms in total. The molecular weight excluding hydrogens is 206 g/mol. The molecule has 2 amide bonds. The average Bonchev–Trinajstić information content (AvgIpc) is 2.73. The Morgan fingerprint density at radius 3 is 2.62 bits per heavy atom. The summed E-state index contributed by atoms with van der Waals surface area (Å²) in [6, 6.07) is 0. The van der Waals surface area contributed by atoms with Gasteiger partial charge in [-0.05, 0) is 33.2 Å². The fourth-order valence-corrected chi connectivity index (χ4v) is 2.01. The van der Waals surface area contributed by atoms with Gasteiger partial charge in [-0.25, -0.2) is 0 Å². The second-order valence-corrected chi connectivity index (χ2v) is 4.35. The molecule has 0 aliphatic carbocycles. The second-order valence-electron chi connectivity index (χ2n) is 4.35. The van der Waals surface area contributed by atoms with Crippen LogP contribution in [0.25, 0.3) is 0 Å². The summed E-state index contributed by atoms with van der Waals surface area (Å²) >= 11 is 0. The van der Waals surface area contributed by atoms with Crippen molar-refractivity contribution in [3.8, 4) is 0 Å². The van der Waals surface area contributed by atoms with Crippen molar-refractivity contribution in [2.75, 3.05) is 26.7 Å². The smallest absolute Gasteiger partial charge is 0.243 e. The molecule has 1 aliphatic heterocycles. The van der Waals surface area contributed by atoms with Crippen molar-refractivity contribution in [2.45, 2.75) is 32.2 Å². The van der Waals surface area contributed by atoms with Gasteiger partial charge in [-0.2, -0.15) is 0 Å². The van der Waals surface area contributed by atoms with E-state index in [2.05, 4.69) is 10.6 Å². The van der Waals surface area contributed by atoms with Crippen LogP contribution >= 0.6 is 0 Å². The van der Waals surface area contributed by atoms with Crippen LogP contribution in [0.5, 0.6) is 0 Å². The lowest BCUT2D eigenvalue weighted by Gasteiger charge is -2.30. The lowest BCUT2D eigenvalue weighted by atomic mass is 9.98. The van der Waals surface area contributed by atoms with Crippen LogP contribution in [0.3, 0.4) is 0 Å². The zero-order chi connectivity index (χ0) is 12.2. The summed E-state index contributed by atoms with van der Waals surface area (Å²) in [5, 5.41) is 5.75. The molecule has 0 spiro atoms. The van der Waals surface area contributed by atoms with Gasteiger partial charge in [-0.3, -0.25) is 9.59 Å². The molecule has 0 saturated carbocycles. The van der Waals surface area contributed by atoms with Crippen LogP contribution in [0.2, 0.25) is 0 Å². The molecule has 1 saturated heterocycles. The molecule has 1 heterocycles. The Labute approximate surface area is 96.6 Å². The summed E-state index contributed by atoms with van der Waals surface area (Å²) in [7, 11) is 1.58. The summed E-state index contributed by atoms with van der Waals surface area (Å²) in [5.74, 6) is -0.104. The van der Waals surface area contributed by atoms with E-state index >= 15 is 0 Å². The lowest BCUT2D eigenvalue weighted by molar-refractivity contribution is -0.140. The number of hydrogen-bond donors (Lipinski definition) is 2. The first-order valence-electron chi connectivity index (χ1n) is 5.78. The Morgan fingerprint density at radius 1 is 1.50 bits per heavy atom. The Kier molecular flexibility index (Phi) is 4.29. The van der Waals surface area contributed by atoms with Gasteiger partial charge in [0.1, 0.15) is 0 Å². The van der Waals surface area contributed by atoms with Crippen molar-refractivity contribution in [2.24, 2.45) is 0 Å². The third kappa shape index (κ3) is 2.72. The summed E-state index contributed by atoms with van der Waals surface area (Å²) in [5.41, 5.74) is -0.482. The van der Waals surface area contributed by atoms with Gasteiger partial charge in [0.25, 0.3) is 0 Å². The molecule has 1 rings (SSSR count). The van der Waals surface area contributed by atoms with E-state index < -0.39 is 5.54 Å². The quantitative estimate of drug-likeness (QED) is 0.694. The molecule has 1 fully saturated rings. The van der Waals surface area contributed by atoms with Gasteiger partial charge in [-0.15, -0.1) is 0 Å². The van der Waals surface area contributed by atoms with Crippen molar-refractivity contribution >= 4 is 11.8 Å². The molecule has 0 aromatic rings. The molecule has 0 aromatic carbocycles. The minimum atomic E-state index is -0.482. The number of likely N-dealkylation sites (N-methyl/N-ethyl adjacent to an activating group) is 2. The maximum absolute atomic E-state index is 12.2. The minimum Gasteiger partial charge on any atom is -0.358 e. The van der Waals surface area contributed by atoms with Crippen LogP contribution in [-0.4, -0.2) is 48.9 Å². The van der Waals surface area contributed by atoms with Crippen molar-refractivity contribution in [1.82, 2.24) is 15.5 Å². The summed E-state index contributed by atoms with van der Waals surface area (Å²) in [6.45, 7) is 5.38. The van der Waals surface area contributed by atoms with Crippen molar-refractivity contribution in [3.05, 3.63) is 0 Å². The van der Waals surface area contributed by atoms with E-state index in [0.29, 0.717) is 6.54 Å². The van der Waals surface area contributed by atoms with Crippen molar-refractivity contribution in [1.29, 1.82) is 0 Å². The van der Waals surface area contributed by atoms with E-state index in [1.165, 1.54) is 0 Å². The first kappa shape index (κ1) is 13.0. The van der Waals surface area contributed by atoms with E-state index in [1.54, 1.807) is 11.9 Å². The van der Waals surface area contributed by atoms with E-state index in [4.69, 9.17) is 0 Å². The van der Waals surface area contributed by atoms with Gasteiger partial charge in [-0.1, -0.05) is 0 Å². The zero-order valence-corrected chi connectivity index (χ0v) is 10.3. The van der Waals surface area contributed by atoms with Crippen molar-refractivity contribution in [3.63, 3.8) is 0 Å². The molecule has 1 unspecified atom stereocenters. The highest BCUT2D eigenvalue weighted by Gasteiger charge is 2.38. The number of hydrogen-bond acceptors (Lipinski definition) is 3. The first-order chi connectivity index (χ1) is 7.53. The third-order valence-electron chi connectivity index (χ3n) is 3.12. The fraction of sp³-hybridized carbons (Fsp3) is 0.818. The standard InChI is InChI=1S/C11H21N3O2/c1-4-14(8-9(15)12-3)10(16)11(2)6-5-7-13-11/h13H,4-8H2,1-3H3,(H,12,15). The van der Waals surface area contributed by atoms with E-state index in [9.17, 15) is 9.59 Å². The number of rotatable bonds is 4. The Hall–Kier alpha value is -1.10. The Balaban J connectivity index is 2.65. The molecule has 5 heteroatoms. The fourth-order valence-electron chi connectivity index (χ4n) is 2.01. The SMILES string of the molecule is CCN(CC(=O)NC)C(=O)C1(C)CCCN1. The molecule has 1 atom stereocenters. The maximum Gasteiger partial charge on any atom is 0.243 e. The average molecular weight is 227 g/mol. The predicted molar refractivity (Wildman–Crippen MR) is 62.0 cm³/mol. The molecule has 1 aliphatic rings. The summed E-state index contributed by atoms with van der Waals surface area (Å²) in [6.07, 6.45) is 1.86. The Morgan fingerprint density at radius 2 is 2.19 bits per heavy atom. The third-order valence-corrected chi connectivity index (χ3v) is 3.12. The molecule has 2 N–H and O–H groups in total. The Bertz CT molecular complexity index is 272. The summed E-state index contributed by atoms with van der Waals surface area (Å²) in [4.78, 5) is 25.1. The number of nitrogens with zero attached hydrogens (tertiary/aromatic N) is 1. The highest BCUT2D eigenvalue weighted by atomic mass is 16.2. The second kappa shape index (κ2) is 5.30. The van der Waals surface area contributed by atoms with Crippen LogP contribution in [0.15, 0.2) is 0 Å². The van der Waals surface area contributed by atoms with Crippen LogP contribution in [0.1, 0.15) is 26.7 Å². The number of carbonyl (C=O) groups is 2. The van der Waals surface area contributed by atoms with Crippen molar-refractivity contribution < 1.29 is 9.59 Å². The monoisotopic (exact) mass is 227 g/mol. The largest absolute Gasteiger partial charge is 0.358 e. The van der Waals surface area contributed by atoms with Gasteiger partial charge >= 0.3 is 0 Å². The van der Waals surface area contributed by atoms with Crippen LogP contribution in [-0.2, 0) is 9.59 Å². The first-order valence-corrected chi connectivity index (χ1v) is 5.78. The highest BCUT2D eigenvalue weighted by molar-refractivity contribution is 5.90. The molecule has 0 aromatic heterocycles. The van der Waals surface area contributed by atoms with E-state index in [0.717, 1.165) is 19.4 Å². The van der Waals surface area contributed by atoms with E-state index in [-0.39, 0.29) is 18.4 Å². The highest BCUT2D eigenvalue weighted by Crippen LogP contribution is 2.21. The van der Waals surface area contributed by atoms with Crippen LogP contribution in [0, 0.1) is 0 Å². The van der Waals surface area contributed by atoms with E-state index in [1.807, 2.05) is 13.8 Å². The van der Waals surface area contributed by atoms with Gasteiger partial charge in [0.2, 0.25) is 11.8 Å². The molecule has 92 valence electrons. The lowest BCUT2D eigenvalue weighted by Crippen LogP contribution is -2.54. The summed E-state index contributed by atoms with van der Waals surface area (Å²) < 4.78 is 0. The number of nitrogens with one attached hydrogen (secondary N) is 2. The predicted octanol–water partition coefficient (Wildman–Crippen LogP) is -0.277. The van der Waals surface area contributed by atoms with Gasteiger partial charge < -0.3 is 15.5 Å². The minimum absolute atomic E-state index is 0.0242. The molecule has 16 heavy (non-hydrogen) atoms. The van der Waals surface area contributed by atoms with Gasteiger partial charge in [0.15, 0.2) is 0 Å². The number of carbonyl (C=O) groups excluding carboxylic acids is 2. The topological polar surface area (TPSA) is 61.4 Å². The molecular formula is C11H21N3O2. The zero-order valence-electron chi connectivity index (χ0n) is 10.3. The molecule has 0 bridgehead atoms. The van der Waals surface area contributed by atoms with Gasteiger partial charge in [0.05, 0.1) is 12.1 Å². The van der Waals surface area contributed by atoms with Gasteiger partial charge in [0, 0.05) is 13.6 Å². The maximum atomic E-state index is 12.2. The normalized spacial score (nSPS) is 24.2. The molecule has 0 radical (unpaired) electrons. The van der Waals surface area contributed by atoms with Crippen LogP contribution in [0.4, 0.5) is 0 Å². The van der Waals surface area contributed by atoms with Crippen LogP contribution < -0.4 is 10.6 Å².